The molecule has 0 spiro atoms. The van der Waals surface area contributed by atoms with Crippen LogP contribution in [-0.2, 0) is 16.0 Å². The van der Waals surface area contributed by atoms with Crippen LogP contribution >= 0.6 is 23.5 Å². The molecule has 28 heavy (non-hydrogen) atoms. The van der Waals surface area contributed by atoms with Gasteiger partial charge in [-0.15, -0.1) is 5.10 Å². The van der Waals surface area contributed by atoms with E-state index in [1.54, 1.807) is 6.92 Å². The Balaban J connectivity index is 1.49. The molecule has 3 amide bonds. The molecule has 1 aromatic heterocycles. The molecule has 1 saturated heterocycles. The van der Waals surface area contributed by atoms with Crippen molar-refractivity contribution >= 4 is 40.6 Å². The maximum atomic E-state index is 12.2. The highest BCUT2D eigenvalue weighted by atomic mass is 32.2. The van der Waals surface area contributed by atoms with Crippen LogP contribution in [0.5, 0.6) is 0 Å². The van der Waals surface area contributed by atoms with Gasteiger partial charge in [0.2, 0.25) is 17.0 Å². The summed E-state index contributed by atoms with van der Waals surface area (Å²) in [6, 6.07) is 8.08. The van der Waals surface area contributed by atoms with Gasteiger partial charge in [-0.1, -0.05) is 54.7 Å². The number of amides is 3. The second kappa shape index (κ2) is 9.24. The van der Waals surface area contributed by atoms with Gasteiger partial charge in [0.05, 0.1) is 11.0 Å². The van der Waals surface area contributed by atoms with E-state index in [1.807, 2.05) is 12.1 Å². The number of carbonyl (C=O) groups is 3. The van der Waals surface area contributed by atoms with Crippen LogP contribution in [0.15, 0.2) is 29.4 Å². The van der Waals surface area contributed by atoms with Gasteiger partial charge in [0.15, 0.2) is 5.82 Å². The molecule has 1 atom stereocenters. The van der Waals surface area contributed by atoms with E-state index >= 15 is 0 Å². The number of hydrogen-bond acceptors (Lipinski definition) is 7. The first kappa shape index (κ1) is 20.4. The topological polar surface area (TPSA) is 108 Å². The quantitative estimate of drug-likeness (QED) is 0.632. The van der Waals surface area contributed by atoms with Crippen molar-refractivity contribution in [2.24, 2.45) is 0 Å². The molecule has 0 unspecified atom stereocenters. The number of nitrogens with one attached hydrogen (secondary N) is 2. The number of aromatic amines is 1. The number of carbonyl (C=O) groups excluding carboxylic acids is 3. The molecule has 148 valence electrons. The third-order valence-corrected chi connectivity index (χ3v) is 6.05. The number of nitrogens with zero attached hydrogens (tertiary/aromatic N) is 3. The van der Waals surface area contributed by atoms with E-state index < -0.39 is 5.25 Å². The Bertz CT molecular complexity index is 852. The van der Waals surface area contributed by atoms with Crippen LogP contribution in [0.25, 0.3) is 11.4 Å². The van der Waals surface area contributed by atoms with Crippen molar-refractivity contribution in [1.29, 1.82) is 0 Å². The number of rotatable bonds is 8. The molecule has 2 aromatic rings. The molecule has 0 aliphatic carbocycles. The molecule has 3 rings (SSSR count). The Morgan fingerprint density at radius 3 is 2.75 bits per heavy atom. The van der Waals surface area contributed by atoms with E-state index in [0.717, 1.165) is 28.6 Å². The lowest BCUT2D eigenvalue weighted by atomic mass is 10.1. The Labute approximate surface area is 171 Å². The Morgan fingerprint density at radius 2 is 2.11 bits per heavy atom. The highest BCUT2D eigenvalue weighted by Gasteiger charge is 2.29. The zero-order chi connectivity index (χ0) is 20.1. The standard InChI is InChI=1S/C18H21N5O3S2/c1-3-12-4-6-13(7-5-12)15-20-17(22-21-15)28-11(2)16(25)19-8-9-23-14(24)10-27-18(23)26/h4-7,11H,3,8-10H2,1-2H3,(H,19,25)(H,20,21,22)/t11-/m1/s1. The van der Waals surface area contributed by atoms with Crippen molar-refractivity contribution in [1.82, 2.24) is 25.4 Å². The van der Waals surface area contributed by atoms with Gasteiger partial charge >= 0.3 is 0 Å². The lowest BCUT2D eigenvalue weighted by Gasteiger charge is -2.14. The molecule has 1 aliphatic heterocycles. The van der Waals surface area contributed by atoms with E-state index in [9.17, 15) is 14.4 Å². The van der Waals surface area contributed by atoms with E-state index in [4.69, 9.17) is 0 Å². The largest absolute Gasteiger partial charge is 0.353 e. The molecule has 0 radical (unpaired) electrons. The van der Waals surface area contributed by atoms with Gasteiger partial charge in [-0.2, -0.15) is 0 Å². The summed E-state index contributed by atoms with van der Waals surface area (Å²) in [6.07, 6.45) is 0.976. The minimum absolute atomic E-state index is 0.174. The summed E-state index contributed by atoms with van der Waals surface area (Å²) in [5.74, 6) is 0.413. The highest BCUT2D eigenvalue weighted by Crippen LogP contribution is 2.23. The smallest absolute Gasteiger partial charge is 0.288 e. The number of thioether (sulfide) groups is 2. The van der Waals surface area contributed by atoms with E-state index in [2.05, 4.69) is 39.6 Å². The normalized spacial score (nSPS) is 15.1. The second-order valence-corrected chi connectivity index (χ2v) is 8.40. The van der Waals surface area contributed by atoms with Crippen LogP contribution in [0.4, 0.5) is 4.79 Å². The predicted molar refractivity (Wildman–Crippen MR) is 109 cm³/mol. The van der Waals surface area contributed by atoms with Crippen molar-refractivity contribution in [3.8, 4) is 11.4 Å². The molecule has 1 aromatic carbocycles. The Hall–Kier alpha value is -2.33. The predicted octanol–water partition coefficient (Wildman–Crippen LogP) is 2.33. The molecule has 0 saturated carbocycles. The van der Waals surface area contributed by atoms with Gasteiger partial charge in [0, 0.05) is 18.7 Å². The fourth-order valence-electron chi connectivity index (χ4n) is 2.57. The number of imide groups is 1. The molecule has 0 bridgehead atoms. The number of H-pyrrole nitrogens is 1. The maximum absolute atomic E-state index is 12.2. The van der Waals surface area contributed by atoms with Crippen LogP contribution in [-0.4, -0.2) is 61.2 Å². The van der Waals surface area contributed by atoms with E-state index in [-0.39, 0.29) is 35.9 Å². The summed E-state index contributed by atoms with van der Waals surface area (Å²) in [5, 5.41) is 9.62. The van der Waals surface area contributed by atoms with Gasteiger partial charge in [-0.05, 0) is 18.9 Å². The fourth-order valence-corrected chi connectivity index (χ4v) is 4.07. The number of aromatic nitrogens is 3. The minimum Gasteiger partial charge on any atom is -0.353 e. The molecule has 2 heterocycles. The summed E-state index contributed by atoms with van der Waals surface area (Å²) in [6.45, 7) is 4.27. The highest BCUT2D eigenvalue weighted by molar-refractivity contribution is 8.14. The Kier molecular flexibility index (Phi) is 6.74. The molecule has 1 fully saturated rings. The maximum Gasteiger partial charge on any atom is 0.288 e. The zero-order valence-corrected chi connectivity index (χ0v) is 17.2. The monoisotopic (exact) mass is 419 g/mol. The van der Waals surface area contributed by atoms with E-state index in [1.165, 1.54) is 17.3 Å². The zero-order valence-electron chi connectivity index (χ0n) is 15.6. The average Bonchev–Trinajstić information content (AvgIpc) is 3.29. The third kappa shape index (κ3) is 4.93. The molecule has 2 N–H and O–H groups in total. The van der Waals surface area contributed by atoms with Crippen molar-refractivity contribution in [2.75, 3.05) is 18.8 Å². The minimum atomic E-state index is -0.412. The van der Waals surface area contributed by atoms with Crippen molar-refractivity contribution in [2.45, 2.75) is 30.7 Å². The second-order valence-electron chi connectivity index (χ2n) is 6.17. The SMILES string of the molecule is CCc1ccc(-c2nc(S[C@H](C)C(=O)NCCN3C(=O)CSC3=O)n[nH]2)cc1. The molecular weight excluding hydrogens is 398 g/mol. The van der Waals surface area contributed by atoms with Crippen molar-refractivity contribution in [3.05, 3.63) is 29.8 Å². The molecular formula is C18H21N5O3S2. The van der Waals surface area contributed by atoms with Crippen LogP contribution in [0.3, 0.4) is 0 Å². The summed E-state index contributed by atoms with van der Waals surface area (Å²) >= 11 is 2.22. The summed E-state index contributed by atoms with van der Waals surface area (Å²) in [7, 11) is 0. The van der Waals surface area contributed by atoms with Crippen molar-refractivity contribution in [3.63, 3.8) is 0 Å². The van der Waals surface area contributed by atoms with E-state index in [0.29, 0.717) is 11.0 Å². The van der Waals surface area contributed by atoms with Crippen molar-refractivity contribution < 1.29 is 14.4 Å². The lowest BCUT2D eigenvalue weighted by Crippen LogP contribution is -2.39. The fraction of sp³-hybridized carbons (Fsp3) is 0.389. The van der Waals surface area contributed by atoms with Gasteiger partial charge in [0.25, 0.3) is 5.24 Å². The van der Waals surface area contributed by atoms with Crippen LogP contribution in [0, 0.1) is 0 Å². The number of hydrogen-bond donors (Lipinski definition) is 2. The number of aryl methyl sites for hydroxylation is 1. The van der Waals surface area contributed by atoms with Gasteiger partial charge < -0.3 is 5.32 Å². The first-order valence-electron chi connectivity index (χ1n) is 8.91. The van der Waals surface area contributed by atoms with Gasteiger partial charge in [0.1, 0.15) is 0 Å². The Morgan fingerprint density at radius 1 is 1.36 bits per heavy atom. The van der Waals surface area contributed by atoms with Crippen LogP contribution in [0.2, 0.25) is 0 Å². The molecule has 10 heteroatoms. The summed E-state index contributed by atoms with van der Waals surface area (Å²) in [4.78, 5) is 40.9. The molecule has 1 aliphatic rings. The summed E-state index contributed by atoms with van der Waals surface area (Å²) in [5.41, 5.74) is 2.19. The first-order chi connectivity index (χ1) is 13.5. The first-order valence-corrected chi connectivity index (χ1v) is 10.8. The van der Waals surface area contributed by atoms with Crippen LogP contribution < -0.4 is 5.32 Å². The lowest BCUT2D eigenvalue weighted by molar-refractivity contribution is -0.125. The number of benzene rings is 1. The third-order valence-electron chi connectivity index (χ3n) is 4.23. The average molecular weight is 420 g/mol. The molecule has 8 nitrogen and oxygen atoms in total. The van der Waals surface area contributed by atoms with Gasteiger partial charge in [-0.25, -0.2) is 4.98 Å². The summed E-state index contributed by atoms with van der Waals surface area (Å²) < 4.78 is 0. The van der Waals surface area contributed by atoms with Gasteiger partial charge in [-0.3, -0.25) is 24.4 Å². The van der Waals surface area contributed by atoms with Crippen LogP contribution in [0.1, 0.15) is 19.4 Å².